The van der Waals surface area contributed by atoms with Crippen LogP contribution in [0.5, 0.6) is 0 Å². The molecule has 2 aromatic carbocycles. The summed E-state index contributed by atoms with van der Waals surface area (Å²) >= 11 is 6.13. The lowest BCUT2D eigenvalue weighted by Crippen LogP contribution is -2.46. The first-order valence-electron chi connectivity index (χ1n) is 9.49. The van der Waals surface area contributed by atoms with Crippen LogP contribution in [0.2, 0.25) is 5.02 Å². The van der Waals surface area contributed by atoms with Gasteiger partial charge in [-0.3, -0.25) is 14.5 Å². The third kappa shape index (κ3) is 5.81. The van der Waals surface area contributed by atoms with Crippen molar-refractivity contribution in [2.75, 3.05) is 23.7 Å². The minimum Gasteiger partial charge on any atom is -0.325 e. The second-order valence-electron chi connectivity index (χ2n) is 6.91. The van der Waals surface area contributed by atoms with E-state index in [1.165, 1.54) is 0 Å². The Labute approximate surface area is 172 Å². The summed E-state index contributed by atoms with van der Waals surface area (Å²) in [6.45, 7) is 8.43. The first kappa shape index (κ1) is 21.9. The van der Waals surface area contributed by atoms with E-state index in [9.17, 15) is 9.59 Å². The molecular formula is C22H28ClN3O2. The topological polar surface area (TPSA) is 61.4 Å². The van der Waals surface area contributed by atoms with Crippen LogP contribution in [0.3, 0.4) is 0 Å². The van der Waals surface area contributed by atoms with Crippen molar-refractivity contribution in [3.05, 3.63) is 58.6 Å². The fourth-order valence-corrected chi connectivity index (χ4v) is 3.10. The Balaban J connectivity index is 2.04. The average molecular weight is 402 g/mol. The molecule has 0 aliphatic carbocycles. The molecule has 0 heterocycles. The molecule has 2 rings (SSSR count). The third-order valence-electron chi connectivity index (χ3n) is 4.73. The molecule has 6 heteroatoms. The van der Waals surface area contributed by atoms with E-state index < -0.39 is 6.04 Å². The molecule has 28 heavy (non-hydrogen) atoms. The monoisotopic (exact) mass is 401 g/mol. The van der Waals surface area contributed by atoms with Gasteiger partial charge in [-0.25, -0.2) is 0 Å². The lowest BCUT2D eigenvalue weighted by Gasteiger charge is -2.27. The SMILES string of the molecule is CCCN(CC(=O)Nc1ccccc1C)C(C)C(=O)Nc1cccc(Cl)c1C. The minimum absolute atomic E-state index is 0.138. The average Bonchev–Trinajstić information content (AvgIpc) is 2.66. The van der Waals surface area contributed by atoms with Crippen LogP contribution in [-0.4, -0.2) is 35.8 Å². The van der Waals surface area contributed by atoms with E-state index in [1.807, 2.05) is 62.9 Å². The van der Waals surface area contributed by atoms with Crippen molar-refractivity contribution in [2.24, 2.45) is 0 Å². The lowest BCUT2D eigenvalue weighted by atomic mass is 10.1. The van der Waals surface area contributed by atoms with E-state index in [0.29, 0.717) is 17.3 Å². The van der Waals surface area contributed by atoms with Crippen LogP contribution in [0.4, 0.5) is 11.4 Å². The standard InChI is InChI=1S/C22H28ClN3O2/c1-5-13-26(14-21(27)24-19-11-7-6-9-15(19)2)17(4)22(28)25-20-12-8-10-18(23)16(20)3/h6-12,17H,5,13-14H2,1-4H3,(H,24,27)(H,25,28). The first-order valence-corrected chi connectivity index (χ1v) is 9.86. The van der Waals surface area contributed by atoms with Gasteiger partial charge in [0.15, 0.2) is 0 Å². The van der Waals surface area contributed by atoms with Gasteiger partial charge in [0.1, 0.15) is 0 Å². The number of nitrogens with one attached hydrogen (secondary N) is 2. The number of benzene rings is 2. The van der Waals surface area contributed by atoms with Gasteiger partial charge in [0.2, 0.25) is 11.8 Å². The van der Waals surface area contributed by atoms with Gasteiger partial charge in [-0.15, -0.1) is 0 Å². The number of anilines is 2. The number of hydrogen-bond donors (Lipinski definition) is 2. The van der Waals surface area contributed by atoms with Crippen LogP contribution in [0.1, 0.15) is 31.4 Å². The largest absolute Gasteiger partial charge is 0.325 e. The van der Waals surface area contributed by atoms with Gasteiger partial charge in [0.25, 0.3) is 0 Å². The van der Waals surface area contributed by atoms with E-state index in [0.717, 1.165) is 23.2 Å². The highest BCUT2D eigenvalue weighted by Gasteiger charge is 2.23. The summed E-state index contributed by atoms with van der Waals surface area (Å²) in [5, 5.41) is 6.46. The molecule has 0 spiro atoms. The smallest absolute Gasteiger partial charge is 0.241 e. The molecule has 0 aromatic heterocycles. The summed E-state index contributed by atoms with van der Waals surface area (Å²) in [6, 6.07) is 12.6. The fourth-order valence-electron chi connectivity index (χ4n) is 2.93. The molecule has 1 atom stereocenters. The molecule has 2 amide bonds. The predicted molar refractivity (Wildman–Crippen MR) is 116 cm³/mol. The first-order chi connectivity index (χ1) is 13.3. The van der Waals surface area contributed by atoms with Crippen LogP contribution in [-0.2, 0) is 9.59 Å². The molecule has 0 aliphatic heterocycles. The van der Waals surface area contributed by atoms with Crippen LogP contribution in [0.25, 0.3) is 0 Å². The quantitative estimate of drug-likeness (QED) is 0.677. The maximum Gasteiger partial charge on any atom is 0.241 e. The highest BCUT2D eigenvalue weighted by Crippen LogP contribution is 2.23. The number of nitrogens with zero attached hydrogens (tertiary/aromatic N) is 1. The lowest BCUT2D eigenvalue weighted by molar-refractivity contribution is -0.123. The van der Waals surface area contributed by atoms with Crippen molar-refractivity contribution in [3.8, 4) is 0 Å². The Morgan fingerprint density at radius 3 is 2.39 bits per heavy atom. The van der Waals surface area contributed by atoms with Gasteiger partial charge >= 0.3 is 0 Å². The number of aryl methyl sites for hydroxylation is 1. The van der Waals surface area contributed by atoms with Crippen molar-refractivity contribution in [3.63, 3.8) is 0 Å². The molecule has 1 unspecified atom stereocenters. The van der Waals surface area contributed by atoms with Crippen molar-refractivity contribution < 1.29 is 9.59 Å². The Hall–Kier alpha value is -2.37. The van der Waals surface area contributed by atoms with Gasteiger partial charge in [-0.1, -0.05) is 42.8 Å². The van der Waals surface area contributed by atoms with Gasteiger partial charge in [0, 0.05) is 16.4 Å². The van der Waals surface area contributed by atoms with Crippen LogP contribution in [0, 0.1) is 13.8 Å². The van der Waals surface area contributed by atoms with Crippen molar-refractivity contribution in [1.29, 1.82) is 0 Å². The molecule has 0 fully saturated rings. The summed E-state index contributed by atoms with van der Waals surface area (Å²) in [5.74, 6) is -0.302. The van der Waals surface area contributed by atoms with Crippen LogP contribution in [0.15, 0.2) is 42.5 Å². The Kier molecular flexibility index (Phi) is 8.03. The molecular weight excluding hydrogens is 374 g/mol. The zero-order chi connectivity index (χ0) is 20.7. The Morgan fingerprint density at radius 1 is 1.04 bits per heavy atom. The Bertz CT molecular complexity index is 838. The van der Waals surface area contributed by atoms with Crippen LogP contribution >= 0.6 is 11.6 Å². The summed E-state index contributed by atoms with van der Waals surface area (Å²) in [5.41, 5.74) is 3.30. The van der Waals surface area contributed by atoms with Crippen LogP contribution < -0.4 is 10.6 Å². The number of hydrogen-bond acceptors (Lipinski definition) is 3. The summed E-state index contributed by atoms with van der Waals surface area (Å²) in [4.78, 5) is 27.2. The second kappa shape index (κ2) is 10.2. The molecule has 2 aromatic rings. The highest BCUT2D eigenvalue weighted by molar-refractivity contribution is 6.31. The van der Waals surface area contributed by atoms with E-state index in [4.69, 9.17) is 11.6 Å². The molecule has 0 bridgehead atoms. The number of carbonyl (C=O) groups is 2. The zero-order valence-electron chi connectivity index (χ0n) is 16.9. The summed E-state index contributed by atoms with van der Waals surface area (Å²) in [7, 11) is 0. The van der Waals surface area contributed by atoms with Gasteiger partial charge in [-0.2, -0.15) is 0 Å². The second-order valence-corrected chi connectivity index (χ2v) is 7.32. The molecule has 0 saturated heterocycles. The van der Waals surface area contributed by atoms with E-state index in [2.05, 4.69) is 10.6 Å². The highest BCUT2D eigenvalue weighted by atomic mass is 35.5. The van der Waals surface area contributed by atoms with Gasteiger partial charge in [0.05, 0.1) is 12.6 Å². The van der Waals surface area contributed by atoms with E-state index in [1.54, 1.807) is 12.1 Å². The van der Waals surface area contributed by atoms with Crippen molar-refractivity contribution >= 4 is 34.8 Å². The number of amides is 2. The number of carbonyl (C=O) groups excluding carboxylic acids is 2. The fraction of sp³-hybridized carbons (Fsp3) is 0.364. The number of rotatable bonds is 8. The maximum atomic E-state index is 12.8. The maximum absolute atomic E-state index is 12.8. The van der Waals surface area contributed by atoms with E-state index in [-0.39, 0.29) is 18.4 Å². The van der Waals surface area contributed by atoms with Gasteiger partial charge in [-0.05, 0) is 63.1 Å². The number of para-hydroxylation sites is 1. The third-order valence-corrected chi connectivity index (χ3v) is 5.14. The van der Waals surface area contributed by atoms with Crippen molar-refractivity contribution in [2.45, 2.75) is 40.2 Å². The van der Waals surface area contributed by atoms with Gasteiger partial charge < -0.3 is 10.6 Å². The molecule has 0 radical (unpaired) electrons. The summed E-state index contributed by atoms with van der Waals surface area (Å²) < 4.78 is 0. The number of halogens is 1. The molecule has 2 N–H and O–H groups in total. The Morgan fingerprint density at radius 2 is 1.71 bits per heavy atom. The van der Waals surface area contributed by atoms with E-state index >= 15 is 0 Å². The minimum atomic E-state index is -0.457. The zero-order valence-corrected chi connectivity index (χ0v) is 17.6. The predicted octanol–water partition coefficient (Wildman–Crippen LogP) is 4.63. The summed E-state index contributed by atoms with van der Waals surface area (Å²) in [6.07, 6.45) is 0.839. The molecule has 0 aliphatic rings. The molecule has 0 saturated carbocycles. The molecule has 150 valence electrons. The molecule has 5 nitrogen and oxygen atoms in total. The normalized spacial score (nSPS) is 11.9. The van der Waals surface area contributed by atoms with Crippen molar-refractivity contribution in [1.82, 2.24) is 4.90 Å².